The molecule has 1 aromatic rings. The summed E-state index contributed by atoms with van der Waals surface area (Å²) in [5.41, 5.74) is 0.854. The largest absolute Gasteiger partial charge is 0.355 e. The van der Waals surface area contributed by atoms with Crippen LogP contribution in [-0.2, 0) is 0 Å². The molecular weight excluding hydrogens is 278 g/mol. The molecular formula is C14H20ClN3S. The number of halogens is 1. The molecule has 0 radical (unpaired) electrons. The molecule has 0 fully saturated rings. The lowest BCUT2D eigenvalue weighted by molar-refractivity contribution is 0.419. The van der Waals surface area contributed by atoms with Gasteiger partial charge in [0.1, 0.15) is 4.99 Å². The van der Waals surface area contributed by atoms with E-state index in [2.05, 4.69) is 19.2 Å². The van der Waals surface area contributed by atoms with Crippen LogP contribution in [0.1, 0.15) is 26.7 Å². The molecule has 3 nitrogen and oxygen atoms in total. The van der Waals surface area contributed by atoms with Crippen molar-refractivity contribution in [2.24, 2.45) is 0 Å². The molecule has 0 bridgehead atoms. The molecule has 0 heterocycles. The summed E-state index contributed by atoms with van der Waals surface area (Å²) in [4.78, 5) is 2.45. The van der Waals surface area contributed by atoms with Gasteiger partial charge in [0.25, 0.3) is 0 Å². The van der Waals surface area contributed by atoms with Crippen LogP contribution in [-0.4, -0.2) is 28.8 Å². The second-order valence-electron chi connectivity index (χ2n) is 4.30. The van der Waals surface area contributed by atoms with Crippen LogP contribution in [0.15, 0.2) is 24.3 Å². The smallest absolute Gasteiger partial charge is 0.156 e. The van der Waals surface area contributed by atoms with Crippen LogP contribution in [0.4, 0.5) is 5.69 Å². The minimum Gasteiger partial charge on any atom is -0.355 e. The monoisotopic (exact) mass is 297 g/mol. The van der Waals surface area contributed by atoms with Crippen LogP contribution in [0.25, 0.3) is 0 Å². The first kappa shape index (κ1) is 15.9. The predicted octanol–water partition coefficient (Wildman–Crippen LogP) is 4.18. The average molecular weight is 298 g/mol. The zero-order valence-electron chi connectivity index (χ0n) is 11.4. The highest BCUT2D eigenvalue weighted by Crippen LogP contribution is 2.13. The number of hydrogen-bond donors (Lipinski definition) is 2. The molecule has 5 heteroatoms. The van der Waals surface area contributed by atoms with Crippen molar-refractivity contribution in [2.45, 2.75) is 26.7 Å². The molecule has 0 aromatic heterocycles. The SMILES string of the molecule is CCCN(CCC)C(=N)C(=S)Nc1ccc(Cl)cc1. The maximum atomic E-state index is 8.15. The Kier molecular flexibility index (Phi) is 6.81. The number of thiocarbonyl (C=S) groups is 1. The fraction of sp³-hybridized carbons (Fsp3) is 0.429. The number of nitrogens with one attached hydrogen (secondary N) is 2. The van der Waals surface area contributed by atoms with E-state index in [4.69, 9.17) is 29.2 Å². The second-order valence-corrected chi connectivity index (χ2v) is 5.14. The Morgan fingerprint density at radius 3 is 2.21 bits per heavy atom. The van der Waals surface area contributed by atoms with Gasteiger partial charge >= 0.3 is 0 Å². The summed E-state index contributed by atoms with van der Waals surface area (Å²) in [6, 6.07) is 7.30. The zero-order valence-corrected chi connectivity index (χ0v) is 12.9. The standard InChI is InChI=1S/C14H20ClN3S/c1-3-9-18(10-4-2)13(16)14(19)17-12-7-5-11(15)6-8-12/h5-8,16H,3-4,9-10H2,1-2H3,(H,17,19). The third-order valence-corrected chi connectivity index (χ3v) is 3.17. The molecule has 104 valence electrons. The molecule has 0 atom stereocenters. The normalized spacial score (nSPS) is 10.1. The summed E-state index contributed by atoms with van der Waals surface area (Å²) in [5.74, 6) is 0.383. The Hall–Kier alpha value is -1.13. The van der Waals surface area contributed by atoms with Crippen molar-refractivity contribution in [1.82, 2.24) is 4.90 Å². The van der Waals surface area contributed by atoms with E-state index in [1.54, 1.807) is 12.1 Å². The van der Waals surface area contributed by atoms with Crippen molar-refractivity contribution >= 4 is 40.3 Å². The number of amidine groups is 1. The molecule has 19 heavy (non-hydrogen) atoms. The highest BCUT2D eigenvalue weighted by Gasteiger charge is 2.12. The summed E-state index contributed by atoms with van der Waals surface area (Å²) in [5, 5.41) is 11.9. The van der Waals surface area contributed by atoms with E-state index in [0.717, 1.165) is 31.6 Å². The van der Waals surface area contributed by atoms with Crippen molar-refractivity contribution in [1.29, 1.82) is 5.41 Å². The van der Waals surface area contributed by atoms with Crippen LogP contribution in [0.3, 0.4) is 0 Å². The second kappa shape index (κ2) is 8.12. The summed E-state index contributed by atoms with van der Waals surface area (Å²) >= 11 is 11.1. The van der Waals surface area contributed by atoms with Crippen molar-refractivity contribution in [2.75, 3.05) is 18.4 Å². The van der Waals surface area contributed by atoms with Crippen molar-refractivity contribution in [3.63, 3.8) is 0 Å². The van der Waals surface area contributed by atoms with Crippen LogP contribution < -0.4 is 5.32 Å². The van der Waals surface area contributed by atoms with E-state index in [9.17, 15) is 0 Å². The lowest BCUT2D eigenvalue weighted by atomic mass is 10.3. The number of anilines is 1. The highest BCUT2D eigenvalue weighted by molar-refractivity contribution is 7.82. The molecule has 0 saturated heterocycles. The van der Waals surface area contributed by atoms with E-state index in [-0.39, 0.29) is 0 Å². The van der Waals surface area contributed by atoms with E-state index in [1.807, 2.05) is 17.0 Å². The maximum absolute atomic E-state index is 8.15. The molecule has 0 amide bonds. The quantitative estimate of drug-likeness (QED) is 0.486. The fourth-order valence-electron chi connectivity index (χ4n) is 1.74. The molecule has 2 N–H and O–H groups in total. The van der Waals surface area contributed by atoms with Gasteiger partial charge in [-0.2, -0.15) is 0 Å². The third kappa shape index (κ3) is 5.17. The van der Waals surface area contributed by atoms with Gasteiger partial charge in [-0.1, -0.05) is 37.7 Å². The highest BCUT2D eigenvalue weighted by atomic mass is 35.5. The fourth-order valence-corrected chi connectivity index (χ4v) is 2.12. The summed E-state index contributed by atoms with van der Waals surface area (Å²) in [7, 11) is 0. The van der Waals surface area contributed by atoms with Crippen LogP contribution >= 0.6 is 23.8 Å². The Bertz CT molecular complexity index is 425. The summed E-state index contributed by atoms with van der Waals surface area (Å²) < 4.78 is 0. The first-order valence-corrected chi connectivity index (χ1v) is 7.27. The molecule has 0 unspecified atom stereocenters. The number of nitrogens with zero attached hydrogens (tertiary/aromatic N) is 1. The van der Waals surface area contributed by atoms with Crippen LogP contribution in [0.2, 0.25) is 5.02 Å². The van der Waals surface area contributed by atoms with Gasteiger partial charge in [-0.3, -0.25) is 5.41 Å². The predicted molar refractivity (Wildman–Crippen MR) is 87.6 cm³/mol. The zero-order chi connectivity index (χ0) is 14.3. The van der Waals surface area contributed by atoms with E-state index < -0.39 is 0 Å². The van der Waals surface area contributed by atoms with Gasteiger partial charge in [0, 0.05) is 23.8 Å². The first-order chi connectivity index (χ1) is 9.08. The molecule has 0 aliphatic heterocycles. The van der Waals surface area contributed by atoms with Gasteiger partial charge < -0.3 is 10.2 Å². The lowest BCUT2D eigenvalue weighted by Gasteiger charge is -2.24. The van der Waals surface area contributed by atoms with Gasteiger partial charge in [0.05, 0.1) is 0 Å². The van der Waals surface area contributed by atoms with E-state index in [1.165, 1.54) is 0 Å². The number of rotatable bonds is 5. The topological polar surface area (TPSA) is 39.1 Å². The average Bonchev–Trinajstić information content (AvgIpc) is 2.40. The summed E-state index contributed by atoms with van der Waals surface area (Å²) in [6.07, 6.45) is 2.01. The van der Waals surface area contributed by atoms with E-state index in [0.29, 0.717) is 15.8 Å². The molecule has 0 spiro atoms. The minimum atomic E-state index is 0.383. The number of hydrogen-bond acceptors (Lipinski definition) is 2. The Balaban J connectivity index is 2.65. The van der Waals surface area contributed by atoms with Gasteiger partial charge in [-0.25, -0.2) is 0 Å². The van der Waals surface area contributed by atoms with E-state index >= 15 is 0 Å². The Labute approximate surface area is 125 Å². The van der Waals surface area contributed by atoms with Gasteiger partial charge in [0.15, 0.2) is 5.84 Å². The third-order valence-electron chi connectivity index (χ3n) is 2.62. The van der Waals surface area contributed by atoms with Crippen LogP contribution in [0, 0.1) is 5.41 Å². The molecule has 0 aliphatic carbocycles. The number of benzene rings is 1. The molecule has 0 saturated carbocycles. The molecule has 1 rings (SSSR count). The molecule has 0 aliphatic rings. The summed E-state index contributed by atoms with van der Waals surface area (Å²) in [6.45, 7) is 5.92. The molecule has 1 aromatic carbocycles. The lowest BCUT2D eigenvalue weighted by Crippen LogP contribution is -2.39. The van der Waals surface area contributed by atoms with Gasteiger partial charge in [-0.05, 0) is 37.1 Å². The maximum Gasteiger partial charge on any atom is 0.156 e. The minimum absolute atomic E-state index is 0.383. The van der Waals surface area contributed by atoms with Crippen molar-refractivity contribution in [3.8, 4) is 0 Å². The van der Waals surface area contributed by atoms with Gasteiger partial charge in [0.2, 0.25) is 0 Å². The Morgan fingerprint density at radius 2 is 1.74 bits per heavy atom. The first-order valence-electron chi connectivity index (χ1n) is 6.48. The Morgan fingerprint density at radius 1 is 1.21 bits per heavy atom. The van der Waals surface area contributed by atoms with Gasteiger partial charge in [-0.15, -0.1) is 0 Å². The van der Waals surface area contributed by atoms with Crippen LogP contribution in [0.5, 0.6) is 0 Å². The van der Waals surface area contributed by atoms with Crippen molar-refractivity contribution < 1.29 is 0 Å². The van der Waals surface area contributed by atoms with Crippen molar-refractivity contribution in [3.05, 3.63) is 29.3 Å².